The van der Waals surface area contributed by atoms with Crippen LogP contribution in [-0.2, 0) is 6.18 Å². The molecule has 0 saturated heterocycles. The molecule has 1 aromatic heterocycles. The van der Waals surface area contributed by atoms with Crippen LogP contribution in [0.15, 0.2) is 29.0 Å². The first-order chi connectivity index (χ1) is 8.80. The molecule has 0 spiro atoms. The summed E-state index contributed by atoms with van der Waals surface area (Å²) in [5, 5.41) is 12.2. The van der Waals surface area contributed by atoms with Gasteiger partial charge in [-0.3, -0.25) is 0 Å². The van der Waals surface area contributed by atoms with Crippen LogP contribution in [0.1, 0.15) is 21.5 Å². The maximum absolute atomic E-state index is 13.0. The summed E-state index contributed by atoms with van der Waals surface area (Å²) in [5.41, 5.74) is -0.0676. The maximum Gasteiger partial charge on any atom is 1.00 e. The van der Waals surface area contributed by atoms with Crippen LogP contribution in [0.5, 0.6) is 0 Å². The van der Waals surface area contributed by atoms with E-state index in [4.69, 9.17) is 5.11 Å². The van der Waals surface area contributed by atoms with Crippen molar-refractivity contribution < 1.29 is 58.1 Å². The summed E-state index contributed by atoms with van der Waals surface area (Å²) in [6.45, 7) is 1.72. The van der Waals surface area contributed by atoms with E-state index < -0.39 is 17.7 Å². The number of halogens is 3. The maximum atomic E-state index is 13.0. The molecule has 0 aliphatic rings. The van der Waals surface area contributed by atoms with Crippen LogP contribution in [0.2, 0.25) is 0 Å². The zero-order chi connectivity index (χ0) is 14.2. The van der Waals surface area contributed by atoms with Crippen molar-refractivity contribution in [3.05, 3.63) is 45.6 Å². The summed E-state index contributed by atoms with van der Waals surface area (Å²) in [5.74, 6) is -1.38. The van der Waals surface area contributed by atoms with Crippen LogP contribution in [0.25, 0.3) is 11.1 Å². The zero-order valence-corrected chi connectivity index (χ0v) is 14.0. The third-order valence-electron chi connectivity index (χ3n) is 2.72. The van der Waals surface area contributed by atoms with Crippen molar-refractivity contribution in [1.29, 1.82) is 0 Å². The average molecular weight is 326 g/mol. The predicted octanol–water partition coefficient (Wildman–Crippen LogP) is 1.27. The standard InChI is InChI=1S/C13H9F3O2S.Na.H2O/c1-7-5-19-6-10(7)9-3-2-8(12(17)18)4-11(9)13(14,15)16;;/h2-6H,1H3,(H,17,18);;1H2/q;+1;/p-1. The third-order valence-corrected chi connectivity index (χ3v) is 3.58. The second-order valence-corrected chi connectivity index (χ2v) is 4.78. The molecule has 0 unspecified atom stereocenters. The molecule has 0 fully saturated rings. The first kappa shape index (κ1) is 20.1. The number of aryl methyl sites for hydroxylation is 1. The number of hydrogen-bond acceptors (Lipinski definition) is 3. The molecular weight excluding hydrogens is 316 g/mol. The SMILES string of the molecule is Cc1cscc1-c1ccc(C(=O)O)cc1C(F)(F)F.[Na+].[OH-]. The minimum atomic E-state index is -4.59. The Morgan fingerprint density at radius 1 is 1.19 bits per heavy atom. The van der Waals surface area contributed by atoms with Gasteiger partial charge in [-0.25, -0.2) is 4.79 Å². The molecule has 1 aromatic carbocycles. The van der Waals surface area contributed by atoms with Crippen LogP contribution >= 0.6 is 11.3 Å². The molecule has 0 aliphatic carbocycles. The van der Waals surface area contributed by atoms with E-state index >= 15 is 0 Å². The Balaban J connectivity index is 0.00000200. The average Bonchev–Trinajstić information content (AvgIpc) is 2.73. The predicted molar refractivity (Wildman–Crippen MR) is 68.4 cm³/mol. The Morgan fingerprint density at radius 3 is 2.24 bits per heavy atom. The smallest absolute Gasteiger partial charge is 0.870 e. The van der Waals surface area contributed by atoms with Crippen molar-refractivity contribution in [3.63, 3.8) is 0 Å². The van der Waals surface area contributed by atoms with Crippen molar-refractivity contribution in [2.45, 2.75) is 13.1 Å². The van der Waals surface area contributed by atoms with Crippen LogP contribution in [0.4, 0.5) is 13.2 Å². The number of hydrogen-bond donors (Lipinski definition) is 1. The Bertz CT molecular complexity index is 638. The molecule has 108 valence electrons. The molecule has 0 bridgehead atoms. The Hall–Kier alpha value is -0.860. The molecule has 21 heavy (non-hydrogen) atoms. The topological polar surface area (TPSA) is 67.3 Å². The van der Waals surface area contributed by atoms with Gasteiger partial charge in [0, 0.05) is 0 Å². The van der Waals surface area contributed by atoms with Gasteiger partial charge in [0.25, 0.3) is 0 Å². The molecule has 1 heterocycles. The number of rotatable bonds is 2. The summed E-state index contributed by atoms with van der Waals surface area (Å²) < 4.78 is 39.1. The minimum absolute atomic E-state index is 0. The van der Waals surface area contributed by atoms with E-state index in [9.17, 15) is 18.0 Å². The monoisotopic (exact) mass is 326 g/mol. The van der Waals surface area contributed by atoms with Gasteiger partial charge in [-0.1, -0.05) is 6.07 Å². The van der Waals surface area contributed by atoms with Gasteiger partial charge in [-0.2, -0.15) is 24.5 Å². The van der Waals surface area contributed by atoms with E-state index in [1.807, 2.05) is 0 Å². The number of carboxylic acid groups (broad SMARTS) is 1. The Labute approximate surface area is 145 Å². The second-order valence-electron chi connectivity index (χ2n) is 4.03. The summed E-state index contributed by atoms with van der Waals surface area (Å²) >= 11 is 1.31. The molecule has 0 atom stereocenters. The molecule has 0 saturated carbocycles. The molecule has 3 nitrogen and oxygen atoms in total. The van der Waals surface area contributed by atoms with E-state index in [1.165, 1.54) is 23.5 Å². The molecule has 8 heteroatoms. The van der Waals surface area contributed by atoms with Crippen molar-refractivity contribution in [2.24, 2.45) is 0 Å². The molecule has 0 amide bonds. The van der Waals surface area contributed by atoms with Crippen molar-refractivity contribution >= 4 is 17.3 Å². The van der Waals surface area contributed by atoms with Crippen LogP contribution in [-0.4, -0.2) is 16.6 Å². The van der Waals surface area contributed by atoms with Crippen LogP contribution in [0, 0.1) is 6.92 Å². The van der Waals surface area contributed by atoms with Gasteiger partial charge in [-0.15, -0.1) is 0 Å². The van der Waals surface area contributed by atoms with Crippen molar-refractivity contribution in [2.75, 3.05) is 0 Å². The van der Waals surface area contributed by atoms with Gasteiger partial charge in [-0.05, 0) is 46.5 Å². The van der Waals surface area contributed by atoms with E-state index in [-0.39, 0.29) is 46.2 Å². The summed E-state index contributed by atoms with van der Waals surface area (Å²) in [7, 11) is 0. The van der Waals surface area contributed by atoms with E-state index in [0.717, 1.165) is 5.56 Å². The first-order valence-electron chi connectivity index (χ1n) is 5.28. The number of carboxylic acids is 1. The second kappa shape index (κ2) is 7.42. The number of carbonyl (C=O) groups is 1. The molecule has 0 aliphatic heterocycles. The number of alkyl halides is 3. The van der Waals surface area contributed by atoms with Crippen LogP contribution in [0.3, 0.4) is 0 Å². The van der Waals surface area contributed by atoms with Gasteiger partial charge >= 0.3 is 41.7 Å². The molecule has 0 radical (unpaired) electrons. The molecule has 2 N–H and O–H groups in total. The van der Waals surface area contributed by atoms with Crippen molar-refractivity contribution in [3.8, 4) is 11.1 Å². The minimum Gasteiger partial charge on any atom is -0.870 e. The summed E-state index contributed by atoms with van der Waals surface area (Å²) in [6, 6.07) is 3.07. The van der Waals surface area contributed by atoms with E-state index in [2.05, 4.69) is 0 Å². The summed E-state index contributed by atoms with van der Waals surface area (Å²) in [6.07, 6.45) is -4.59. The number of thiophene rings is 1. The molecule has 2 rings (SSSR count). The van der Waals surface area contributed by atoms with Gasteiger partial charge in [0.05, 0.1) is 11.1 Å². The normalized spacial score (nSPS) is 10.5. The summed E-state index contributed by atoms with van der Waals surface area (Å²) in [4.78, 5) is 10.8. The zero-order valence-electron chi connectivity index (χ0n) is 11.2. The molecular formula is C13H10F3NaO3S. The van der Waals surface area contributed by atoms with E-state index in [0.29, 0.717) is 11.6 Å². The number of benzene rings is 1. The van der Waals surface area contributed by atoms with Crippen LogP contribution < -0.4 is 29.6 Å². The largest absolute Gasteiger partial charge is 1.00 e. The number of aromatic carboxylic acids is 1. The fourth-order valence-corrected chi connectivity index (χ4v) is 2.63. The fraction of sp³-hybridized carbons (Fsp3) is 0.154. The van der Waals surface area contributed by atoms with Gasteiger partial charge < -0.3 is 10.6 Å². The first-order valence-corrected chi connectivity index (χ1v) is 6.22. The Morgan fingerprint density at radius 2 is 1.81 bits per heavy atom. The Kier molecular flexibility index (Phi) is 7.11. The quantitative estimate of drug-likeness (QED) is 0.845. The third kappa shape index (κ3) is 4.31. The van der Waals surface area contributed by atoms with Crippen molar-refractivity contribution in [1.82, 2.24) is 0 Å². The fourth-order valence-electron chi connectivity index (χ4n) is 1.78. The molecule has 2 aromatic rings. The van der Waals surface area contributed by atoms with Gasteiger partial charge in [0.2, 0.25) is 0 Å². The van der Waals surface area contributed by atoms with Gasteiger partial charge in [0.15, 0.2) is 0 Å². The van der Waals surface area contributed by atoms with Gasteiger partial charge in [0.1, 0.15) is 0 Å². The van der Waals surface area contributed by atoms with E-state index in [1.54, 1.807) is 17.7 Å².